The lowest BCUT2D eigenvalue weighted by Crippen LogP contribution is -2.40. The van der Waals surface area contributed by atoms with E-state index in [9.17, 15) is 0 Å². The third-order valence-corrected chi connectivity index (χ3v) is 2.64. The minimum absolute atomic E-state index is 0. The predicted molar refractivity (Wildman–Crippen MR) is 102 cm³/mol. The van der Waals surface area contributed by atoms with E-state index in [1.807, 2.05) is 24.3 Å². The zero-order chi connectivity index (χ0) is 15.5. The highest BCUT2D eigenvalue weighted by Crippen LogP contribution is 2.14. The Morgan fingerprint density at radius 2 is 2.05 bits per heavy atom. The number of nitrogens with one attached hydrogen (secondary N) is 2. The van der Waals surface area contributed by atoms with Gasteiger partial charge in [0, 0.05) is 19.7 Å². The summed E-state index contributed by atoms with van der Waals surface area (Å²) >= 11 is 0. The first-order chi connectivity index (χ1) is 10.2. The van der Waals surface area contributed by atoms with E-state index in [1.54, 1.807) is 7.11 Å². The molecule has 0 fully saturated rings. The van der Waals surface area contributed by atoms with Crippen molar-refractivity contribution in [2.24, 2.45) is 4.99 Å². The van der Waals surface area contributed by atoms with E-state index in [0.29, 0.717) is 25.8 Å². The van der Waals surface area contributed by atoms with Crippen LogP contribution in [-0.2, 0) is 11.3 Å². The number of benzene rings is 1. The minimum atomic E-state index is 0. The standard InChI is InChI=1S/C16H27N3O2.HI/c1-5-17-16(19-13(2)3)18-12-14-7-6-8-15(11-14)21-10-9-20-4;/h6-8,11,13H,5,9-10,12H2,1-4H3,(H2,17,18,19);1H. The van der Waals surface area contributed by atoms with E-state index >= 15 is 0 Å². The van der Waals surface area contributed by atoms with Crippen LogP contribution in [0.1, 0.15) is 26.3 Å². The number of methoxy groups -OCH3 is 1. The maximum Gasteiger partial charge on any atom is 0.191 e. The molecule has 0 unspecified atom stereocenters. The SMILES string of the molecule is CCNC(=NCc1cccc(OCCOC)c1)NC(C)C.I. The summed E-state index contributed by atoms with van der Waals surface area (Å²) in [5.74, 6) is 1.68. The van der Waals surface area contributed by atoms with Gasteiger partial charge >= 0.3 is 0 Å². The Hall–Kier alpha value is -1.02. The van der Waals surface area contributed by atoms with Gasteiger partial charge in [0.1, 0.15) is 12.4 Å². The summed E-state index contributed by atoms with van der Waals surface area (Å²) in [6.07, 6.45) is 0. The second kappa shape index (κ2) is 12.5. The number of hydrogen-bond acceptors (Lipinski definition) is 3. The van der Waals surface area contributed by atoms with Crippen molar-refractivity contribution in [3.05, 3.63) is 29.8 Å². The molecule has 1 aromatic rings. The number of halogens is 1. The second-order valence-electron chi connectivity index (χ2n) is 4.98. The smallest absolute Gasteiger partial charge is 0.191 e. The maximum absolute atomic E-state index is 5.60. The molecule has 1 rings (SSSR count). The van der Waals surface area contributed by atoms with Gasteiger partial charge in [-0.25, -0.2) is 4.99 Å². The van der Waals surface area contributed by atoms with Crippen molar-refractivity contribution >= 4 is 29.9 Å². The molecule has 0 atom stereocenters. The molecule has 1 aromatic carbocycles. The van der Waals surface area contributed by atoms with E-state index in [2.05, 4.69) is 36.4 Å². The minimum Gasteiger partial charge on any atom is -0.491 e. The van der Waals surface area contributed by atoms with Crippen LogP contribution < -0.4 is 15.4 Å². The first-order valence-electron chi connectivity index (χ1n) is 7.41. The molecule has 2 N–H and O–H groups in total. The van der Waals surface area contributed by atoms with E-state index in [0.717, 1.165) is 23.8 Å². The topological polar surface area (TPSA) is 54.9 Å². The molecule has 0 amide bonds. The van der Waals surface area contributed by atoms with Gasteiger partial charge < -0.3 is 20.1 Å². The number of rotatable bonds is 8. The van der Waals surface area contributed by atoms with Crippen LogP contribution in [0.15, 0.2) is 29.3 Å². The summed E-state index contributed by atoms with van der Waals surface area (Å²) in [5, 5.41) is 6.53. The number of ether oxygens (including phenoxy) is 2. The summed E-state index contributed by atoms with van der Waals surface area (Å²) in [5.41, 5.74) is 1.12. The van der Waals surface area contributed by atoms with Crippen LogP contribution in [0.2, 0.25) is 0 Å². The fraction of sp³-hybridized carbons (Fsp3) is 0.562. The zero-order valence-corrected chi connectivity index (χ0v) is 16.2. The molecule has 0 heterocycles. The number of hydrogen-bond donors (Lipinski definition) is 2. The van der Waals surface area contributed by atoms with Gasteiger partial charge in [0.05, 0.1) is 13.2 Å². The van der Waals surface area contributed by atoms with Gasteiger partial charge in [0.2, 0.25) is 0 Å². The highest BCUT2D eigenvalue weighted by molar-refractivity contribution is 14.0. The van der Waals surface area contributed by atoms with Crippen LogP contribution in [-0.4, -0.2) is 38.9 Å². The number of guanidine groups is 1. The van der Waals surface area contributed by atoms with Crippen molar-refractivity contribution in [2.45, 2.75) is 33.4 Å². The molecule has 0 radical (unpaired) electrons. The van der Waals surface area contributed by atoms with E-state index in [-0.39, 0.29) is 24.0 Å². The largest absolute Gasteiger partial charge is 0.491 e. The summed E-state index contributed by atoms with van der Waals surface area (Å²) < 4.78 is 10.6. The van der Waals surface area contributed by atoms with E-state index in [1.165, 1.54) is 0 Å². The van der Waals surface area contributed by atoms with Crippen LogP contribution in [0.5, 0.6) is 5.75 Å². The molecule has 0 spiro atoms. The Kier molecular flexibility index (Phi) is 11.9. The van der Waals surface area contributed by atoms with Gasteiger partial charge in [-0.15, -0.1) is 24.0 Å². The third-order valence-electron chi connectivity index (χ3n) is 2.64. The fourth-order valence-corrected chi connectivity index (χ4v) is 1.74. The Morgan fingerprint density at radius 1 is 1.27 bits per heavy atom. The van der Waals surface area contributed by atoms with Gasteiger partial charge in [-0.2, -0.15) is 0 Å². The molecule has 0 saturated carbocycles. The zero-order valence-electron chi connectivity index (χ0n) is 13.9. The lowest BCUT2D eigenvalue weighted by Gasteiger charge is -2.14. The van der Waals surface area contributed by atoms with Crippen LogP contribution in [0, 0.1) is 0 Å². The van der Waals surface area contributed by atoms with Crippen LogP contribution in [0.25, 0.3) is 0 Å². The summed E-state index contributed by atoms with van der Waals surface area (Å²) in [7, 11) is 1.67. The summed E-state index contributed by atoms with van der Waals surface area (Å²) in [6, 6.07) is 8.34. The van der Waals surface area contributed by atoms with Crippen LogP contribution >= 0.6 is 24.0 Å². The van der Waals surface area contributed by atoms with Crippen LogP contribution in [0.4, 0.5) is 0 Å². The predicted octanol–water partition coefficient (Wildman–Crippen LogP) is 2.79. The lowest BCUT2D eigenvalue weighted by molar-refractivity contribution is 0.146. The number of aliphatic imine (C=N–C) groups is 1. The average Bonchev–Trinajstić information content (AvgIpc) is 2.45. The quantitative estimate of drug-likeness (QED) is 0.294. The van der Waals surface area contributed by atoms with Crippen molar-refractivity contribution in [3.63, 3.8) is 0 Å². The van der Waals surface area contributed by atoms with Gasteiger partial charge in [-0.3, -0.25) is 0 Å². The summed E-state index contributed by atoms with van der Waals surface area (Å²) in [6.45, 7) is 8.85. The highest BCUT2D eigenvalue weighted by atomic mass is 127. The molecule has 0 bridgehead atoms. The molecule has 126 valence electrons. The molecule has 6 heteroatoms. The Bertz CT molecular complexity index is 439. The average molecular weight is 421 g/mol. The van der Waals surface area contributed by atoms with Gasteiger partial charge in [0.25, 0.3) is 0 Å². The summed E-state index contributed by atoms with van der Waals surface area (Å²) in [4.78, 5) is 4.58. The van der Waals surface area contributed by atoms with Crippen molar-refractivity contribution in [1.29, 1.82) is 0 Å². The monoisotopic (exact) mass is 421 g/mol. The van der Waals surface area contributed by atoms with Crippen molar-refractivity contribution in [3.8, 4) is 5.75 Å². The van der Waals surface area contributed by atoms with Gasteiger partial charge in [-0.05, 0) is 38.5 Å². The molecule has 0 saturated heterocycles. The molecule has 0 aliphatic rings. The van der Waals surface area contributed by atoms with Crippen molar-refractivity contribution in [1.82, 2.24) is 10.6 Å². The van der Waals surface area contributed by atoms with Crippen LogP contribution in [0.3, 0.4) is 0 Å². The first-order valence-corrected chi connectivity index (χ1v) is 7.41. The molecule has 0 aliphatic heterocycles. The fourth-order valence-electron chi connectivity index (χ4n) is 1.74. The van der Waals surface area contributed by atoms with Crippen molar-refractivity contribution < 1.29 is 9.47 Å². The molecule has 5 nitrogen and oxygen atoms in total. The lowest BCUT2D eigenvalue weighted by atomic mass is 10.2. The first kappa shape index (κ1) is 21.0. The normalized spacial score (nSPS) is 11.0. The number of nitrogens with zero attached hydrogens (tertiary/aromatic N) is 1. The van der Waals surface area contributed by atoms with E-state index in [4.69, 9.17) is 9.47 Å². The van der Waals surface area contributed by atoms with Gasteiger partial charge in [0.15, 0.2) is 5.96 Å². The maximum atomic E-state index is 5.60. The Balaban J connectivity index is 0.00000441. The molecule has 0 aromatic heterocycles. The Morgan fingerprint density at radius 3 is 2.68 bits per heavy atom. The highest BCUT2D eigenvalue weighted by Gasteiger charge is 2.01. The Labute approximate surface area is 150 Å². The molecule has 22 heavy (non-hydrogen) atoms. The van der Waals surface area contributed by atoms with Crippen molar-refractivity contribution in [2.75, 3.05) is 26.9 Å². The molecular weight excluding hydrogens is 393 g/mol. The molecule has 0 aliphatic carbocycles. The molecular formula is C16H28IN3O2. The second-order valence-corrected chi connectivity index (χ2v) is 4.98. The van der Waals surface area contributed by atoms with E-state index < -0.39 is 0 Å². The van der Waals surface area contributed by atoms with Gasteiger partial charge in [-0.1, -0.05) is 12.1 Å². The third kappa shape index (κ3) is 9.09.